The molecule has 0 bridgehead atoms. The van der Waals surface area contributed by atoms with Crippen LogP contribution in [0.2, 0.25) is 0 Å². The van der Waals surface area contributed by atoms with Crippen molar-refractivity contribution in [2.75, 3.05) is 0 Å². The quantitative estimate of drug-likeness (QED) is 0.615. The topological polar surface area (TPSA) is 38.0 Å². The van der Waals surface area contributed by atoms with E-state index >= 15 is 0 Å². The Morgan fingerprint density at radius 2 is 2.00 bits per heavy atom. The molecule has 0 aliphatic heterocycles. The lowest BCUT2D eigenvalue weighted by atomic mass is 9.79. The lowest BCUT2D eigenvalue weighted by Gasteiger charge is -2.33. The van der Waals surface area contributed by atoms with Gasteiger partial charge in [0.2, 0.25) is 0 Å². The van der Waals surface area contributed by atoms with Gasteiger partial charge in [-0.1, -0.05) is 32.9 Å². The first-order chi connectivity index (χ1) is 7.92. The van der Waals surface area contributed by atoms with Gasteiger partial charge in [0.1, 0.15) is 0 Å². The largest absolute Gasteiger partial charge is 0.271 e. The molecule has 0 aliphatic rings. The molecule has 1 aromatic rings. The first-order valence-corrected chi connectivity index (χ1v) is 5.81. The maximum absolute atomic E-state index is 13.5. The van der Waals surface area contributed by atoms with Crippen LogP contribution in [0.4, 0.5) is 8.78 Å². The SMILES string of the molecule is CCC(C)(C)C(Cc1cccc(F)c1F)NN. The summed E-state index contributed by atoms with van der Waals surface area (Å²) in [7, 11) is 0. The standard InChI is InChI=1S/C13H20F2N2/c1-4-13(2,3)11(17-16)8-9-6-5-7-10(14)12(9)15/h5-7,11,17H,4,8,16H2,1-3H3. The summed E-state index contributed by atoms with van der Waals surface area (Å²) in [5.74, 6) is 3.91. The summed E-state index contributed by atoms with van der Waals surface area (Å²) < 4.78 is 26.6. The average molecular weight is 242 g/mol. The van der Waals surface area contributed by atoms with Crippen LogP contribution in [0.3, 0.4) is 0 Å². The van der Waals surface area contributed by atoms with Crippen molar-refractivity contribution in [1.29, 1.82) is 0 Å². The normalized spacial score (nSPS) is 13.8. The summed E-state index contributed by atoms with van der Waals surface area (Å²) in [5.41, 5.74) is 2.98. The van der Waals surface area contributed by atoms with Gasteiger partial charge in [-0.15, -0.1) is 0 Å². The van der Waals surface area contributed by atoms with Gasteiger partial charge >= 0.3 is 0 Å². The predicted molar refractivity (Wildman–Crippen MR) is 65.2 cm³/mol. The van der Waals surface area contributed by atoms with Crippen LogP contribution in [0.25, 0.3) is 0 Å². The maximum atomic E-state index is 13.5. The van der Waals surface area contributed by atoms with Crippen molar-refractivity contribution in [3.8, 4) is 0 Å². The molecule has 3 N–H and O–H groups in total. The Morgan fingerprint density at radius 1 is 1.35 bits per heavy atom. The zero-order valence-corrected chi connectivity index (χ0v) is 10.6. The summed E-state index contributed by atoms with van der Waals surface area (Å²) in [6, 6.07) is 4.13. The molecule has 0 aromatic heterocycles. The van der Waals surface area contributed by atoms with E-state index < -0.39 is 11.6 Å². The number of halogens is 2. The fourth-order valence-corrected chi connectivity index (χ4v) is 1.73. The minimum atomic E-state index is -0.812. The van der Waals surface area contributed by atoms with E-state index in [0.717, 1.165) is 12.5 Å². The Balaban J connectivity index is 2.92. The number of hydrazine groups is 1. The fourth-order valence-electron chi connectivity index (χ4n) is 1.73. The van der Waals surface area contributed by atoms with Crippen LogP contribution < -0.4 is 11.3 Å². The highest BCUT2D eigenvalue weighted by Crippen LogP contribution is 2.27. The van der Waals surface area contributed by atoms with Gasteiger partial charge in [-0.2, -0.15) is 0 Å². The Labute approximate surface area is 101 Å². The van der Waals surface area contributed by atoms with Crippen LogP contribution in [0.1, 0.15) is 32.8 Å². The van der Waals surface area contributed by atoms with Crippen molar-refractivity contribution in [2.45, 2.75) is 39.7 Å². The van der Waals surface area contributed by atoms with Crippen molar-refractivity contribution >= 4 is 0 Å². The molecule has 1 atom stereocenters. The molecule has 0 heterocycles. The first-order valence-electron chi connectivity index (χ1n) is 5.81. The predicted octanol–water partition coefficient (Wildman–Crippen LogP) is 2.78. The molecular formula is C13H20F2N2. The maximum Gasteiger partial charge on any atom is 0.162 e. The summed E-state index contributed by atoms with van der Waals surface area (Å²) in [6.45, 7) is 6.15. The zero-order chi connectivity index (χ0) is 13.1. The minimum absolute atomic E-state index is 0.0759. The molecule has 0 spiro atoms. The van der Waals surface area contributed by atoms with E-state index in [4.69, 9.17) is 5.84 Å². The molecular weight excluding hydrogens is 222 g/mol. The second-order valence-electron chi connectivity index (χ2n) is 4.98. The van der Waals surface area contributed by atoms with E-state index in [9.17, 15) is 8.78 Å². The summed E-state index contributed by atoms with van der Waals surface area (Å²) >= 11 is 0. The van der Waals surface area contributed by atoms with Gasteiger partial charge in [0.25, 0.3) is 0 Å². The molecule has 1 aromatic carbocycles. The van der Waals surface area contributed by atoms with Crippen molar-refractivity contribution in [3.63, 3.8) is 0 Å². The molecule has 0 saturated heterocycles. The molecule has 1 rings (SSSR count). The third kappa shape index (κ3) is 3.23. The number of hydrogen-bond acceptors (Lipinski definition) is 2. The van der Waals surface area contributed by atoms with Crippen molar-refractivity contribution < 1.29 is 8.78 Å². The molecule has 96 valence electrons. The Morgan fingerprint density at radius 3 is 2.53 bits per heavy atom. The molecule has 17 heavy (non-hydrogen) atoms. The smallest absolute Gasteiger partial charge is 0.162 e. The Kier molecular flexibility index (Phi) is 4.60. The van der Waals surface area contributed by atoms with Gasteiger partial charge in [0.15, 0.2) is 11.6 Å². The highest BCUT2D eigenvalue weighted by molar-refractivity contribution is 5.20. The van der Waals surface area contributed by atoms with Crippen molar-refractivity contribution in [3.05, 3.63) is 35.4 Å². The van der Waals surface area contributed by atoms with Gasteiger partial charge in [-0.3, -0.25) is 11.3 Å². The zero-order valence-electron chi connectivity index (χ0n) is 10.6. The Bertz CT molecular complexity index is 378. The molecule has 0 amide bonds. The molecule has 0 aliphatic carbocycles. The molecule has 1 unspecified atom stereocenters. The molecule has 4 heteroatoms. The Hall–Kier alpha value is -1.00. The van der Waals surface area contributed by atoms with Crippen molar-refractivity contribution in [1.82, 2.24) is 5.43 Å². The third-order valence-electron chi connectivity index (χ3n) is 3.51. The second kappa shape index (κ2) is 5.56. The van der Waals surface area contributed by atoms with Crippen LogP contribution in [-0.2, 0) is 6.42 Å². The molecule has 0 radical (unpaired) electrons. The van der Waals surface area contributed by atoms with Crippen LogP contribution in [0.15, 0.2) is 18.2 Å². The van der Waals surface area contributed by atoms with E-state index in [1.165, 1.54) is 6.07 Å². The van der Waals surface area contributed by atoms with Crippen molar-refractivity contribution in [2.24, 2.45) is 11.3 Å². The second-order valence-corrected chi connectivity index (χ2v) is 4.98. The molecule has 0 fully saturated rings. The summed E-state index contributed by atoms with van der Waals surface area (Å²) in [6.07, 6.45) is 1.28. The van der Waals surface area contributed by atoms with Crippen LogP contribution in [0, 0.1) is 17.0 Å². The highest BCUT2D eigenvalue weighted by atomic mass is 19.2. The lowest BCUT2D eigenvalue weighted by Crippen LogP contribution is -2.47. The summed E-state index contributed by atoms with van der Waals surface area (Å²) in [4.78, 5) is 0. The number of hydrogen-bond donors (Lipinski definition) is 2. The first kappa shape index (κ1) is 14.1. The van der Waals surface area contributed by atoms with E-state index in [1.54, 1.807) is 6.07 Å². The average Bonchev–Trinajstić information content (AvgIpc) is 2.30. The van der Waals surface area contributed by atoms with Gasteiger partial charge in [0.05, 0.1) is 0 Å². The fraction of sp³-hybridized carbons (Fsp3) is 0.538. The van der Waals surface area contributed by atoms with Gasteiger partial charge < -0.3 is 0 Å². The van der Waals surface area contributed by atoms with Crippen LogP contribution >= 0.6 is 0 Å². The highest BCUT2D eigenvalue weighted by Gasteiger charge is 2.28. The van der Waals surface area contributed by atoms with Gasteiger partial charge in [-0.05, 0) is 29.9 Å². The molecule has 0 saturated carbocycles. The lowest BCUT2D eigenvalue weighted by molar-refractivity contribution is 0.230. The van der Waals surface area contributed by atoms with Gasteiger partial charge in [-0.25, -0.2) is 8.78 Å². The number of nitrogens with one attached hydrogen (secondary N) is 1. The van der Waals surface area contributed by atoms with Crippen LogP contribution in [-0.4, -0.2) is 6.04 Å². The minimum Gasteiger partial charge on any atom is -0.271 e. The van der Waals surface area contributed by atoms with Crippen LogP contribution in [0.5, 0.6) is 0 Å². The van der Waals surface area contributed by atoms with E-state index in [0.29, 0.717) is 12.0 Å². The third-order valence-corrected chi connectivity index (χ3v) is 3.51. The van der Waals surface area contributed by atoms with E-state index in [-0.39, 0.29) is 11.5 Å². The van der Waals surface area contributed by atoms with E-state index in [1.807, 2.05) is 6.92 Å². The monoisotopic (exact) mass is 242 g/mol. The number of benzene rings is 1. The van der Waals surface area contributed by atoms with E-state index in [2.05, 4.69) is 19.3 Å². The summed E-state index contributed by atoms with van der Waals surface area (Å²) in [5, 5.41) is 0. The molecule has 2 nitrogen and oxygen atoms in total. The van der Waals surface area contributed by atoms with Gasteiger partial charge in [0, 0.05) is 6.04 Å². The number of rotatable bonds is 5. The number of nitrogens with two attached hydrogens (primary N) is 1.